The van der Waals surface area contributed by atoms with E-state index in [0.717, 1.165) is 18.2 Å². The Balaban J connectivity index is 1.79. The summed E-state index contributed by atoms with van der Waals surface area (Å²) in [7, 11) is -1.06. The second kappa shape index (κ2) is 11.9. The number of nitrogens with zero attached hydrogens (tertiary/aromatic N) is 2. The third-order valence-corrected chi connectivity index (χ3v) is 5.95. The molecule has 194 valence electrons. The van der Waals surface area contributed by atoms with E-state index in [9.17, 15) is 21.6 Å². The molecule has 0 spiro atoms. The number of rotatable bonds is 12. The van der Waals surface area contributed by atoms with Gasteiger partial charge >= 0.3 is 6.18 Å². The second-order valence-corrected chi connectivity index (χ2v) is 9.06. The number of hydrogen-bond donors (Lipinski definition) is 3. The van der Waals surface area contributed by atoms with Crippen molar-refractivity contribution in [2.24, 2.45) is 0 Å². The highest BCUT2D eigenvalue weighted by molar-refractivity contribution is 7.89. The molecule has 3 N–H and O–H groups in total. The lowest BCUT2D eigenvalue weighted by Gasteiger charge is -2.16. The van der Waals surface area contributed by atoms with Crippen molar-refractivity contribution < 1.29 is 35.8 Å². The molecule has 1 heterocycles. The van der Waals surface area contributed by atoms with Gasteiger partial charge in [0, 0.05) is 18.9 Å². The molecular formula is C22H24F3N5O5S. The number of sulfonamides is 1. The molecule has 0 amide bonds. The zero-order valence-electron chi connectivity index (χ0n) is 19.3. The molecule has 0 saturated heterocycles. The van der Waals surface area contributed by atoms with E-state index in [1.807, 2.05) is 0 Å². The van der Waals surface area contributed by atoms with Crippen molar-refractivity contribution in [1.82, 2.24) is 14.7 Å². The summed E-state index contributed by atoms with van der Waals surface area (Å²) in [5.74, 6) is 1.00. The van der Waals surface area contributed by atoms with Gasteiger partial charge in [0.25, 0.3) is 0 Å². The first kappa shape index (κ1) is 27.0. The summed E-state index contributed by atoms with van der Waals surface area (Å²) in [5.41, 5.74) is 0.660. The van der Waals surface area contributed by atoms with Gasteiger partial charge in [-0.3, -0.25) is 0 Å². The van der Waals surface area contributed by atoms with Crippen molar-refractivity contribution in [1.29, 1.82) is 0 Å². The first-order valence-electron chi connectivity index (χ1n) is 10.4. The van der Waals surface area contributed by atoms with Crippen LogP contribution in [-0.4, -0.2) is 58.5 Å². The zero-order chi connectivity index (χ0) is 26.2. The number of aromatic nitrogens is 2. The van der Waals surface area contributed by atoms with E-state index in [0.29, 0.717) is 30.5 Å². The summed E-state index contributed by atoms with van der Waals surface area (Å²) in [4.78, 5) is 8.01. The molecule has 0 radical (unpaired) electrons. The van der Waals surface area contributed by atoms with Gasteiger partial charge in [-0.05, 0) is 49.5 Å². The first-order valence-corrected chi connectivity index (χ1v) is 11.9. The van der Waals surface area contributed by atoms with Gasteiger partial charge in [-0.25, -0.2) is 23.1 Å². The average Bonchev–Trinajstić information content (AvgIpc) is 2.84. The molecule has 0 fully saturated rings. The van der Waals surface area contributed by atoms with E-state index < -0.39 is 22.8 Å². The minimum Gasteiger partial charge on any atom is -0.491 e. The van der Waals surface area contributed by atoms with Crippen molar-refractivity contribution in [2.75, 3.05) is 44.6 Å². The zero-order valence-corrected chi connectivity index (χ0v) is 20.1. The minimum absolute atomic E-state index is 0.0298. The standard InChI is InChI=1S/C22H24F3N5O5S/c1-26-36(31,32)17-7-8-19(35-13-22(23,24)25)18(11-17)30-21-12-20(27-14-28-21)29-15-3-5-16(6-4-15)34-10-9-33-2/h3-8,11-12,14,26H,9-10,13H2,1-2H3,(H2,27,28,29,30). The Morgan fingerprint density at radius 2 is 1.61 bits per heavy atom. The number of nitrogens with one attached hydrogen (secondary N) is 3. The maximum absolute atomic E-state index is 12.7. The van der Waals surface area contributed by atoms with Crippen molar-refractivity contribution in [3.05, 3.63) is 54.9 Å². The Bertz CT molecular complexity index is 1260. The molecule has 0 aliphatic carbocycles. The Kier molecular flexibility index (Phi) is 8.90. The van der Waals surface area contributed by atoms with E-state index in [-0.39, 0.29) is 22.2 Å². The molecule has 10 nitrogen and oxygen atoms in total. The molecule has 1 aromatic heterocycles. The van der Waals surface area contributed by atoms with E-state index in [2.05, 4.69) is 25.3 Å². The van der Waals surface area contributed by atoms with Crippen LogP contribution in [0.3, 0.4) is 0 Å². The van der Waals surface area contributed by atoms with Gasteiger partial charge in [0.1, 0.15) is 36.1 Å². The number of hydrogen-bond acceptors (Lipinski definition) is 9. The van der Waals surface area contributed by atoms with Gasteiger partial charge in [-0.1, -0.05) is 0 Å². The molecule has 0 atom stereocenters. The fourth-order valence-corrected chi connectivity index (χ4v) is 3.59. The third kappa shape index (κ3) is 7.96. The van der Waals surface area contributed by atoms with E-state index in [1.54, 1.807) is 31.4 Å². The Hall–Kier alpha value is -3.62. The Morgan fingerprint density at radius 1 is 0.917 bits per heavy atom. The van der Waals surface area contributed by atoms with Gasteiger partial charge in [0.15, 0.2) is 6.61 Å². The largest absolute Gasteiger partial charge is 0.491 e. The van der Waals surface area contributed by atoms with Gasteiger partial charge in [-0.2, -0.15) is 13.2 Å². The molecule has 0 aliphatic rings. The van der Waals surface area contributed by atoms with Crippen LogP contribution in [0.25, 0.3) is 0 Å². The SMILES string of the molecule is CNS(=O)(=O)c1ccc(OCC(F)(F)F)c(Nc2cc(Nc3ccc(OCCOC)cc3)ncn2)c1. The quantitative estimate of drug-likeness (QED) is 0.302. The first-order chi connectivity index (χ1) is 17.1. The summed E-state index contributed by atoms with van der Waals surface area (Å²) in [6.07, 6.45) is -3.35. The highest BCUT2D eigenvalue weighted by Gasteiger charge is 2.29. The molecule has 3 aromatic rings. The number of ether oxygens (including phenoxy) is 3. The predicted octanol–water partition coefficient (Wildman–Crippen LogP) is 3.84. The lowest BCUT2D eigenvalue weighted by atomic mass is 10.3. The van der Waals surface area contributed by atoms with Gasteiger partial charge in [-0.15, -0.1) is 0 Å². The van der Waals surface area contributed by atoms with Crippen LogP contribution in [-0.2, 0) is 14.8 Å². The number of alkyl halides is 3. The smallest absolute Gasteiger partial charge is 0.422 e. The van der Waals surface area contributed by atoms with Crippen molar-refractivity contribution in [3.63, 3.8) is 0 Å². The lowest BCUT2D eigenvalue weighted by molar-refractivity contribution is -0.153. The van der Waals surface area contributed by atoms with Crippen molar-refractivity contribution >= 4 is 33.0 Å². The minimum atomic E-state index is -4.58. The number of benzene rings is 2. The predicted molar refractivity (Wildman–Crippen MR) is 127 cm³/mol. The Morgan fingerprint density at radius 3 is 2.25 bits per heavy atom. The molecule has 2 aromatic carbocycles. The number of anilines is 4. The summed E-state index contributed by atoms with van der Waals surface area (Å²) < 4.78 is 79.9. The van der Waals surface area contributed by atoms with Crippen LogP contribution in [0, 0.1) is 0 Å². The second-order valence-electron chi connectivity index (χ2n) is 7.17. The Labute approximate surface area is 205 Å². The number of methoxy groups -OCH3 is 1. The van der Waals surface area contributed by atoms with E-state index >= 15 is 0 Å². The summed E-state index contributed by atoms with van der Waals surface area (Å²) in [5, 5.41) is 5.87. The third-order valence-electron chi connectivity index (χ3n) is 4.53. The molecule has 0 aliphatic heterocycles. The highest BCUT2D eigenvalue weighted by atomic mass is 32.2. The average molecular weight is 528 g/mol. The maximum atomic E-state index is 12.7. The van der Waals surface area contributed by atoms with Crippen molar-refractivity contribution in [3.8, 4) is 11.5 Å². The normalized spacial score (nSPS) is 11.7. The molecule has 0 unspecified atom stereocenters. The fourth-order valence-electron chi connectivity index (χ4n) is 2.83. The van der Waals surface area contributed by atoms with Crippen LogP contribution >= 0.6 is 0 Å². The van der Waals surface area contributed by atoms with Crippen LogP contribution in [0.15, 0.2) is 59.8 Å². The monoisotopic (exact) mass is 527 g/mol. The van der Waals surface area contributed by atoms with E-state index in [4.69, 9.17) is 14.2 Å². The van der Waals surface area contributed by atoms with Crippen LogP contribution < -0.4 is 24.8 Å². The summed E-state index contributed by atoms with van der Waals surface area (Å²) in [6.45, 7) is -0.680. The lowest BCUT2D eigenvalue weighted by Crippen LogP contribution is -2.20. The topological polar surface area (TPSA) is 124 Å². The van der Waals surface area contributed by atoms with Gasteiger partial charge in [0.2, 0.25) is 10.0 Å². The molecular weight excluding hydrogens is 503 g/mol. The molecule has 0 bridgehead atoms. The maximum Gasteiger partial charge on any atom is 0.422 e. The van der Waals surface area contributed by atoms with Crippen molar-refractivity contribution in [2.45, 2.75) is 11.1 Å². The van der Waals surface area contributed by atoms with Crippen LogP contribution in [0.2, 0.25) is 0 Å². The van der Waals surface area contributed by atoms with Crippen LogP contribution in [0.4, 0.5) is 36.2 Å². The highest BCUT2D eigenvalue weighted by Crippen LogP contribution is 2.32. The van der Waals surface area contributed by atoms with Crippen LogP contribution in [0.1, 0.15) is 0 Å². The molecule has 3 rings (SSSR count). The molecule has 14 heteroatoms. The number of halogens is 3. The molecule has 36 heavy (non-hydrogen) atoms. The summed E-state index contributed by atoms with van der Waals surface area (Å²) in [6, 6.07) is 12.0. The fraction of sp³-hybridized carbons (Fsp3) is 0.273. The summed E-state index contributed by atoms with van der Waals surface area (Å²) >= 11 is 0. The van der Waals surface area contributed by atoms with Gasteiger partial charge < -0.3 is 24.8 Å². The van der Waals surface area contributed by atoms with Gasteiger partial charge in [0.05, 0.1) is 17.2 Å². The molecule has 0 saturated carbocycles. The van der Waals surface area contributed by atoms with E-state index in [1.165, 1.54) is 19.4 Å². The van der Waals surface area contributed by atoms with Crippen LogP contribution in [0.5, 0.6) is 11.5 Å².